The van der Waals surface area contributed by atoms with Crippen LogP contribution in [-0.2, 0) is 0 Å². The lowest BCUT2D eigenvalue weighted by molar-refractivity contribution is 0.138. The van der Waals surface area contributed by atoms with Crippen molar-refractivity contribution in [1.82, 2.24) is 4.90 Å². The molecule has 1 rings (SSSR count). The van der Waals surface area contributed by atoms with Crippen molar-refractivity contribution in [2.75, 3.05) is 27.7 Å². The topological polar surface area (TPSA) is 52.9 Å². The Morgan fingerprint density at radius 2 is 2.07 bits per heavy atom. The Kier molecular flexibility index (Phi) is 3.94. The molecular formula is C11H17NO3. The number of hydrogen-bond donors (Lipinski definition) is 2. The van der Waals surface area contributed by atoms with Gasteiger partial charge in [-0.25, -0.2) is 0 Å². The minimum Gasteiger partial charge on any atom is -0.504 e. The van der Waals surface area contributed by atoms with E-state index in [1.54, 1.807) is 12.1 Å². The van der Waals surface area contributed by atoms with Crippen LogP contribution >= 0.6 is 0 Å². The summed E-state index contributed by atoms with van der Waals surface area (Å²) >= 11 is 0. The molecule has 0 radical (unpaired) electrons. The average molecular weight is 211 g/mol. The highest BCUT2D eigenvalue weighted by Crippen LogP contribution is 2.28. The molecule has 1 atom stereocenters. The number of benzene rings is 1. The maximum atomic E-state index is 9.82. The second kappa shape index (κ2) is 5.00. The van der Waals surface area contributed by atoms with E-state index in [2.05, 4.69) is 0 Å². The molecule has 1 aromatic rings. The first kappa shape index (κ1) is 11.8. The van der Waals surface area contributed by atoms with Crippen molar-refractivity contribution in [2.24, 2.45) is 0 Å². The second-order valence-corrected chi connectivity index (χ2v) is 3.71. The van der Waals surface area contributed by atoms with Crippen LogP contribution in [0.25, 0.3) is 0 Å². The Labute approximate surface area is 89.7 Å². The predicted molar refractivity (Wildman–Crippen MR) is 58.2 cm³/mol. The van der Waals surface area contributed by atoms with Gasteiger partial charge in [-0.05, 0) is 31.8 Å². The summed E-state index contributed by atoms with van der Waals surface area (Å²) < 4.78 is 4.97. The molecule has 0 fully saturated rings. The van der Waals surface area contributed by atoms with Crippen molar-refractivity contribution >= 4 is 0 Å². The van der Waals surface area contributed by atoms with E-state index in [9.17, 15) is 10.2 Å². The maximum Gasteiger partial charge on any atom is 0.160 e. The summed E-state index contributed by atoms with van der Waals surface area (Å²) in [6, 6.07) is 4.85. The minimum atomic E-state index is -0.575. The van der Waals surface area contributed by atoms with Gasteiger partial charge >= 0.3 is 0 Å². The van der Waals surface area contributed by atoms with Crippen LogP contribution in [0, 0.1) is 0 Å². The molecule has 1 unspecified atom stereocenters. The summed E-state index contributed by atoms with van der Waals surface area (Å²) in [5, 5.41) is 19.2. The van der Waals surface area contributed by atoms with E-state index in [0.717, 1.165) is 5.56 Å². The Morgan fingerprint density at radius 1 is 1.40 bits per heavy atom. The summed E-state index contributed by atoms with van der Waals surface area (Å²) in [5.74, 6) is 0.462. The monoisotopic (exact) mass is 211 g/mol. The Morgan fingerprint density at radius 3 is 2.60 bits per heavy atom. The molecule has 1 aromatic carbocycles. The van der Waals surface area contributed by atoms with Gasteiger partial charge in [0.15, 0.2) is 11.5 Å². The van der Waals surface area contributed by atoms with Gasteiger partial charge < -0.3 is 19.8 Å². The highest BCUT2D eigenvalue weighted by atomic mass is 16.5. The largest absolute Gasteiger partial charge is 0.504 e. The van der Waals surface area contributed by atoms with Crippen LogP contribution < -0.4 is 4.74 Å². The molecule has 0 spiro atoms. The van der Waals surface area contributed by atoms with Crippen LogP contribution in [0.1, 0.15) is 11.7 Å². The fourth-order valence-corrected chi connectivity index (χ4v) is 1.35. The summed E-state index contributed by atoms with van der Waals surface area (Å²) in [7, 11) is 5.26. The zero-order chi connectivity index (χ0) is 11.4. The first-order valence-corrected chi connectivity index (χ1v) is 4.74. The molecule has 0 saturated carbocycles. The van der Waals surface area contributed by atoms with Crippen LogP contribution in [0.15, 0.2) is 18.2 Å². The van der Waals surface area contributed by atoms with E-state index >= 15 is 0 Å². The number of phenolic OH excluding ortho intramolecular Hbond substituents is 1. The number of ether oxygens (including phenoxy) is 1. The molecular weight excluding hydrogens is 194 g/mol. The predicted octanol–water partition coefficient (Wildman–Crippen LogP) is 0.996. The molecule has 0 amide bonds. The quantitative estimate of drug-likeness (QED) is 0.780. The van der Waals surface area contributed by atoms with Gasteiger partial charge in [-0.3, -0.25) is 0 Å². The number of hydrogen-bond acceptors (Lipinski definition) is 4. The van der Waals surface area contributed by atoms with Crippen molar-refractivity contribution in [3.05, 3.63) is 23.8 Å². The first-order chi connectivity index (χ1) is 7.04. The van der Waals surface area contributed by atoms with Crippen molar-refractivity contribution in [3.8, 4) is 11.5 Å². The van der Waals surface area contributed by atoms with Gasteiger partial charge in [0.25, 0.3) is 0 Å². The number of aliphatic hydroxyl groups excluding tert-OH is 1. The lowest BCUT2D eigenvalue weighted by Crippen LogP contribution is -2.19. The van der Waals surface area contributed by atoms with E-state index < -0.39 is 6.10 Å². The molecule has 15 heavy (non-hydrogen) atoms. The molecule has 84 valence electrons. The summed E-state index contributed by atoms with van der Waals surface area (Å²) in [6.45, 7) is 0.536. The molecule has 0 aromatic heterocycles. The third kappa shape index (κ3) is 3.11. The minimum absolute atomic E-state index is 0.0818. The Hall–Kier alpha value is -1.26. The zero-order valence-corrected chi connectivity index (χ0v) is 9.27. The Balaban J connectivity index is 2.85. The summed E-state index contributed by atoms with van der Waals surface area (Å²) in [4.78, 5) is 1.89. The fraction of sp³-hybridized carbons (Fsp3) is 0.455. The van der Waals surface area contributed by atoms with Crippen molar-refractivity contribution in [3.63, 3.8) is 0 Å². The van der Waals surface area contributed by atoms with Gasteiger partial charge in [0, 0.05) is 6.54 Å². The molecule has 0 heterocycles. The van der Waals surface area contributed by atoms with Gasteiger partial charge in [0.1, 0.15) is 0 Å². The summed E-state index contributed by atoms with van der Waals surface area (Å²) in [6.07, 6.45) is -0.575. The smallest absolute Gasteiger partial charge is 0.160 e. The van der Waals surface area contributed by atoms with Crippen LogP contribution in [0.5, 0.6) is 11.5 Å². The lowest BCUT2D eigenvalue weighted by atomic mass is 10.1. The standard InChI is InChI=1S/C11H17NO3/c1-12(2)7-10(14)8-4-5-9(13)11(6-8)15-3/h4-6,10,13-14H,7H2,1-3H3. The molecule has 0 aliphatic carbocycles. The van der Waals surface area contributed by atoms with Crippen LogP contribution in [0.3, 0.4) is 0 Å². The Bertz CT molecular complexity index is 326. The highest BCUT2D eigenvalue weighted by Gasteiger charge is 2.11. The van der Waals surface area contributed by atoms with Crippen LogP contribution in [-0.4, -0.2) is 42.9 Å². The highest BCUT2D eigenvalue weighted by molar-refractivity contribution is 5.42. The maximum absolute atomic E-state index is 9.82. The molecule has 4 heteroatoms. The average Bonchev–Trinajstić information content (AvgIpc) is 2.17. The second-order valence-electron chi connectivity index (χ2n) is 3.71. The van der Waals surface area contributed by atoms with E-state index in [1.807, 2.05) is 19.0 Å². The normalized spacial score (nSPS) is 12.9. The number of aliphatic hydroxyl groups is 1. The van der Waals surface area contributed by atoms with Gasteiger partial charge in [-0.2, -0.15) is 0 Å². The molecule has 0 bridgehead atoms. The van der Waals surface area contributed by atoms with Gasteiger partial charge in [0.2, 0.25) is 0 Å². The molecule has 0 saturated heterocycles. The number of rotatable bonds is 4. The molecule has 2 N–H and O–H groups in total. The van der Waals surface area contributed by atoms with E-state index in [1.165, 1.54) is 13.2 Å². The summed E-state index contributed by atoms with van der Waals surface area (Å²) in [5.41, 5.74) is 0.735. The van der Waals surface area contributed by atoms with E-state index in [-0.39, 0.29) is 5.75 Å². The first-order valence-electron chi connectivity index (χ1n) is 4.74. The SMILES string of the molecule is COc1cc(C(O)CN(C)C)ccc1O. The molecule has 0 aliphatic heterocycles. The van der Waals surface area contributed by atoms with Crippen molar-refractivity contribution in [2.45, 2.75) is 6.10 Å². The zero-order valence-electron chi connectivity index (χ0n) is 9.27. The third-order valence-corrected chi connectivity index (χ3v) is 2.13. The third-order valence-electron chi connectivity index (χ3n) is 2.13. The van der Waals surface area contributed by atoms with Gasteiger partial charge in [-0.1, -0.05) is 6.07 Å². The van der Waals surface area contributed by atoms with Gasteiger partial charge in [-0.15, -0.1) is 0 Å². The van der Waals surface area contributed by atoms with Gasteiger partial charge in [0.05, 0.1) is 13.2 Å². The van der Waals surface area contributed by atoms with Crippen LogP contribution in [0.2, 0.25) is 0 Å². The molecule has 0 aliphatic rings. The van der Waals surface area contributed by atoms with E-state index in [4.69, 9.17) is 4.74 Å². The molecule has 4 nitrogen and oxygen atoms in total. The number of likely N-dealkylation sites (N-methyl/N-ethyl adjacent to an activating group) is 1. The van der Waals surface area contributed by atoms with E-state index in [0.29, 0.717) is 12.3 Å². The fourth-order valence-electron chi connectivity index (χ4n) is 1.35. The van der Waals surface area contributed by atoms with Crippen LogP contribution in [0.4, 0.5) is 0 Å². The number of nitrogens with zero attached hydrogens (tertiary/aromatic N) is 1. The van der Waals surface area contributed by atoms with Crippen molar-refractivity contribution in [1.29, 1.82) is 0 Å². The van der Waals surface area contributed by atoms with Crippen molar-refractivity contribution < 1.29 is 14.9 Å². The lowest BCUT2D eigenvalue weighted by Gasteiger charge is -2.17. The number of aromatic hydroxyl groups is 1. The number of methoxy groups -OCH3 is 1. The number of phenols is 1.